The van der Waals surface area contributed by atoms with Crippen LogP contribution in [0.25, 0.3) is 11.0 Å². The van der Waals surface area contributed by atoms with E-state index < -0.39 is 15.8 Å². The van der Waals surface area contributed by atoms with Crippen molar-refractivity contribution < 1.29 is 27.4 Å². The van der Waals surface area contributed by atoms with Crippen LogP contribution in [0.15, 0.2) is 65.6 Å². The summed E-state index contributed by atoms with van der Waals surface area (Å²) < 4.78 is 43.7. The van der Waals surface area contributed by atoms with Gasteiger partial charge in [0.1, 0.15) is 11.4 Å². The van der Waals surface area contributed by atoms with Crippen molar-refractivity contribution in [3.63, 3.8) is 0 Å². The first-order chi connectivity index (χ1) is 15.4. The number of rotatable bonds is 7. The monoisotopic (exact) mass is 453 g/mol. The minimum Gasteiger partial charge on any atom is -0.497 e. The van der Waals surface area contributed by atoms with E-state index in [9.17, 15) is 13.2 Å². The number of aromatic nitrogens is 3. The Morgan fingerprint density at radius 3 is 2.16 bits per heavy atom. The molecule has 0 aliphatic rings. The Balaban J connectivity index is 2.03. The van der Waals surface area contributed by atoms with Gasteiger partial charge in [0.15, 0.2) is 5.65 Å². The Kier molecular flexibility index (Phi) is 5.54. The van der Waals surface area contributed by atoms with Crippen LogP contribution in [-0.4, -0.2) is 49.5 Å². The molecule has 10 heteroatoms. The Hall–Kier alpha value is -3.92. The highest BCUT2D eigenvalue weighted by Crippen LogP contribution is 2.32. The summed E-state index contributed by atoms with van der Waals surface area (Å²) in [7, 11) is 0.0488. The Labute approximate surface area is 184 Å². The van der Waals surface area contributed by atoms with Gasteiger partial charge in [0.05, 0.1) is 31.6 Å². The highest BCUT2D eigenvalue weighted by atomic mass is 32.2. The number of hydrogen-bond donors (Lipinski definition) is 0. The fraction of sp³-hybridized carbons (Fsp3) is 0.136. The molecule has 2 aromatic heterocycles. The topological polar surface area (TPSA) is 110 Å². The van der Waals surface area contributed by atoms with E-state index in [-0.39, 0.29) is 39.1 Å². The molecule has 4 aromatic rings. The minimum atomic E-state index is -4.20. The van der Waals surface area contributed by atoms with Crippen molar-refractivity contribution in [2.75, 3.05) is 21.3 Å². The minimum absolute atomic E-state index is 0.00201. The average molecular weight is 453 g/mol. The molecule has 164 valence electrons. The van der Waals surface area contributed by atoms with Crippen molar-refractivity contribution in [2.45, 2.75) is 4.90 Å². The van der Waals surface area contributed by atoms with Crippen molar-refractivity contribution in [2.24, 2.45) is 0 Å². The van der Waals surface area contributed by atoms with Gasteiger partial charge < -0.3 is 14.2 Å². The first-order valence-corrected chi connectivity index (χ1v) is 10.9. The summed E-state index contributed by atoms with van der Waals surface area (Å²) in [5, 5.41) is 0.254. The molecule has 4 rings (SSSR count). The van der Waals surface area contributed by atoms with Gasteiger partial charge in [-0.15, -0.1) is 0 Å². The zero-order valence-corrected chi connectivity index (χ0v) is 18.3. The van der Waals surface area contributed by atoms with E-state index >= 15 is 0 Å². The molecular weight excluding hydrogens is 434 g/mol. The van der Waals surface area contributed by atoms with Crippen LogP contribution in [0.5, 0.6) is 17.6 Å². The lowest BCUT2D eigenvalue weighted by Gasteiger charge is -2.12. The van der Waals surface area contributed by atoms with Crippen LogP contribution >= 0.6 is 0 Å². The molecule has 0 radical (unpaired) electrons. The third-order valence-electron chi connectivity index (χ3n) is 4.80. The normalized spacial score (nSPS) is 11.3. The van der Waals surface area contributed by atoms with Gasteiger partial charge in [0.25, 0.3) is 10.0 Å². The van der Waals surface area contributed by atoms with Crippen molar-refractivity contribution in [3.8, 4) is 17.6 Å². The van der Waals surface area contributed by atoms with E-state index in [1.165, 1.54) is 39.5 Å². The Morgan fingerprint density at radius 1 is 0.875 bits per heavy atom. The van der Waals surface area contributed by atoms with Crippen LogP contribution in [0.4, 0.5) is 0 Å². The second-order valence-corrected chi connectivity index (χ2v) is 8.41. The van der Waals surface area contributed by atoms with Gasteiger partial charge in [0, 0.05) is 5.56 Å². The maximum absolute atomic E-state index is 13.6. The van der Waals surface area contributed by atoms with Gasteiger partial charge in [-0.1, -0.05) is 18.2 Å². The molecule has 0 atom stereocenters. The number of nitrogens with zero attached hydrogens (tertiary/aromatic N) is 3. The summed E-state index contributed by atoms with van der Waals surface area (Å²) in [6.07, 6.45) is 0. The third-order valence-corrected chi connectivity index (χ3v) is 6.52. The number of carbonyl (C=O) groups is 1. The zero-order valence-electron chi connectivity index (χ0n) is 17.5. The molecule has 9 nitrogen and oxygen atoms in total. The van der Waals surface area contributed by atoms with Gasteiger partial charge in [-0.25, -0.2) is 12.4 Å². The number of ether oxygens (including phenoxy) is 3. The summed E-state index contributed by atoms with van der Waals surface area (Å²) in [4.78, 5) is 21.7. The van der Waals surface area contributed by atoms with Gasteiger partial charge in [-0.2, -0.15) is 9.97 Å². The molecule has 0 unspecified atom stereocenters. The maximum atomic E-state index is 13.6. The van der Waals surface area contributed by atoms with E-state index in [2.05, 4.69) is 9.97 Å². The zero-order chi connectivity index (χ0) is 22.9. The summed E-state index contributed by atoms with van der Waals surface area (Å²) in [5.41, 5.74) is 0.126. The van der Waals surface area contributed by atoms with Crippen molar-refractivity contribution >= 4 is 26.8 Å². The Bertz CT molecular complexity index is 1400. The highest BCUT2D eigenvalue weighted by molar-refractivity contribution is 7.90. The predicted molar refractivity (Wildman–Crippen MR) is 116 cm³/mol. The van der Waals surface area contributed by atoms with E-state index in [0.717, 1.165) is 3.97 Å². The highest BCUT2D eigenvalue weighted by Gasteiger charge is 2.30. The molecule has 0 N–H and O–H groups in total. The molecule has 0 saturated heterocycles. The quantitative estimate of drug-likeness (QED) is 0.393. The first kappa shape index (κ1) is 21.3. The molecule has 32 heavy (non-hydrogen) atoms. The number of carbonyl (C=O) groups excluding carboxylic acids is 1. The third kappa shape index (κ3) is 3.54. The SMILES string of the molecule is COc1ccc(C(=O)c2cc3c(OC)nc(OC)nc3n2S(=O)(=O)c2ccccc2)cc1. The predicted octanol–water partition coefficient (Wildman–Crippen LogP) is 2.93. The van der Waals surface area contributed by atoms with Gasteiger partial charge >= 0.3 is 6.01 Å². The van der Waals surface area contributed by atoms with Gasteiger partial charge in [0.2, 0.25) is 11.7 Å². The number of ketones is 1. The average Bonchev–Trinajstić information content (AvgIpc) is 3.23. The number of benzene rings is 2. The van der Waals surface area contributed by atoms with Crippen molar-refractivity contribution in [1.29, 1.82) is 0 Å². The van der Waals surface area contributed by atoms with E-state index in [1.807, 2.05) is 0 Å². The van der Waals surface area contributed by atoms with Crippen LogP contribution in [0.3, 0.4) is 0 Å². The summed E-state index contributed by atoms with van der Waals surface area (Å²) in [6, 6.07) is 15.4. The number of hydrogen-bond acceptors (Lipinski definition) is 8. The van der Waals surface area contributed by atoms with E-state index in [4.69, 9.17) is 14.2 Å². The molecule has 2 aromatic carbocycles. The molecule has 0 spiro atoms. The number of fused-ring (bicyclic) bond motifs is 1. The van der Waals surface area contributed by atoms with Crippen molar-refractivity contribution in [3.05, 3.63) is 71.9 Å². The lowest BCUT2D eigenvalue weighted by Crippen LogP contribution is -2.19. The van der Waals surface area contributed by atoms with E-state index in [0.29, 0.717) is 5.75 Å². The molecule has 0 aliphatic heterocycles. The summed E-state index contributed by atoms with van der Waals surface area (Å²) >= 11 is 0. The standard InChI is InChI=1S/C22H19N3O6S/c1-29-15-11-9-14(10-12-15)19(26)18-13-17-20(23-22(31-3)24-21(17)30-2)25(18)32(27,28)16-7-5-4-6-8-16/h4-13H,1-3H3. The van der Waals surface area contributed by atoms with Gasteiger partial charge in [-0.05, 0) is 42.5 Å². The fourth-order valence-electron chi connectivity index (χ4n) is 3.25. The van der Waals surface area contributed by atoms with Crippen LogP contribution in [0.1, 0.15) is 16.1 Å². The van der Waals surface area contributed by atoms with Crippen molar-refractivity contribution in [1.82, 2.24) is 13.9 Å². The molecule has 0 bridgehead atoms. The first-order valence-electron chi connectivity index (χ1n) is 9.41. The van der Waals surface area contributed by atoms with Gasteiger partial charge in [-0.3, -0.25) is 4.79 Å². The smallest absolute Gasteiger partial charge is 0.321 e. The Morgan fingerprint density at radius 2 is 1.56 bits per heavy atom. The summed E-state index contributed by atoms with van der Waals surface area (Å²) in [5.74, 6) is 0.125. The lowest BCUT2D eigenvalue weighted by molar-refractivity contribution is 0.103. The molecular formula is C22H19N3O6S. The molecule has 0 saturated carbocycles. The molecule has 2 heterocycles. The van der Waals surface area contributed by atoms with Crippen LogP contribution in [-0.2, 0) is 10.0 Å². The second-order valence-electron chi connectivity index (χ2n) is 6.63. The van der Waals surface area contributed by atoms with Crippen LogP contribution < -0.4 is 14.2 Å². The largest absolute Gasteiger partial charge is 0.497 e. The molecule has 0 fully saturated rings. The van der Waals surface area contributed by atoms with Crippen LogP contribution in [0, 0.1) is 0 Å². The lowest BCUT2D eigenvalue weighted by atomic mass is 10.1. The summed E-state index contributed by atoms with van der Waals surface area (Å²) in [6.45, 7) is 0. The van der Waals surface area contributed by atoms with Crippen LogP contribution in [0.2, 0.25) is 0 Å². The fourth-order valence-corrected chi connectivity index (χ4v) is 4.72. The molecule has 0 amide bonds. The number of methoxy groups -OCH3 is 3. The van der Waals surface area contributed by atoms with E-state index in [1.54, 1.807) is 42.5 Å². The molecule has 0 aliphatic carbocycles. The second kappa shape index (κ2) is 8.31. The maximum Gasteiger partial charge on any atom is 0.321 e.